The molecule has 2 heterocycles. The summed E-state index contributed by atoms with van der Waals surface area (Å²) in [6.07, 6.45) is 2.34. The van der Waals surface area contributed by atoms with Crippen LogP contribution in [0, 0.1) is 6.92 Å². The predicted octanol–water partition coefficient (Wildman–Crippen LogP) is 1.71. The number of nitrogens with one attached hydrogen (secondary N) is 1. The van der Waals surface area contributed by atoms with E-state index in [1.807, 2.05) is 11.8 Å². The third-order valence-corrected chi connectivity index (χ3v) is 4.46. The number of aromatic nitrogens is 1. The minimum absolute atomic E-state index is 0.128. The number of rotatable bonds is 4. The van der Waals surface area contributed by atoms with Gasteiger partial charge in [-0.05, 0) is 37.7 Å². The number of hydrogen-bond acceptors (Lipinski definition) is 4. The number of aromatic carboxylic acids is 1. The van der Waals surface area contributed by atoms with Crippen molar-refractivity contribution < 1.29 is 14.7 Å². The number of carboxylic acid groups (broad SMARTS) is 1. The molecule has 2 N–H and O–H groups in total. The van der Waals surface area contributed by atoms with Crippen molar-refractivity contribution in [2.75, 3.05) is 12.3 Å². The Morgan fingerprint density at radius 2 is 2.32 bits per heavy atom. The van der Waals surface area contributed by atoms with Crippen LogP contribution in [-0.4, -0.2) is 39.5 Å². The Balaban J connectivity index is 1.98. The number of nitrogens with zero attached hydrogens (tertiary/aromatic N) is 1. The molecule has 1 atom stereocenters. The minimum atomic E-state index is -1.03. The molecule has 0 radical (unpaired) electrons. The Morgan fingerprint density at radius 1 is 1.53 bits per heavy atom. The number of pyridine rings is 1. The third-order valence-electron chi connectivity index (χ3n) is 3.06. The van der Waals surface area contributed by atoms with Crippen molar-refractivity contribution in [3.05, 3.63) is 29.1 Å². The Bertz CT molecular complexity index is 499. The van der Waals surface area contributed by atoms with Crippen LogP contribution in [0.4, 0.5) is 0 Å². The van der Waals surface area contributed by atoms with Crippen molar-refractivity contribution >= 4 is 23.6 Å². The summed E-state index contributed by atoms with van der Waals surface area (Å²) in [5.41, 5.74) is 0.754. The molecule has 5 nitrogen and oxygen atoms in total. The van der Waals surface area contributed by atoms with Crippen molar-refractivity contribution in [1.82, 2.24) is 10.3 Å². The largest absolute Gasteiger partial charge is 0.478 e. The van der Waals surface area contributed by atoms with Crippen molar-refractivity contribution in [3.8, 4) is 0 Å². The van der Waals surface area contributed by atoms with Gasteiger partial charge in [0.1, 0.15) is 5.69 Å². The lowest BCUT2D eigenvalue weighted by molar-refractivity contribution is 0.0694. The van der Waals surface area contributed by atoms with Gasteiger partial charge in [0, 0.05) is 11.8 Å². The maximum atomic E-state index is 11.9. The smallest absolute Gasteiger partial charge is 0.337 e. The fourth-order valence-electron chi connectivity index (χ4n) is 2.02. The van der Waals surface area contributed by atoms with Crippen LogP contribution in [0.2, 0.25) is 0 Å². The predicted molar refractivity (Wildman–Crippen MR) is 73.7 cm³/mol. The first-order chi connectivity index (χ1) is 9.08. The molecular formula is C13H16N2O3S. The fraction of sp³-hybridized carbons (Fsp3) is 0.462. The van der Waals surface area contributed by atoms with E-state index < -0.39 is 5.97 Å². The SMILES string of the molecule is Cc1nc(C(=O)NCC2CCCS2)ccc1C(=O)O. The van der Waals surface area contributed by atoms with Gasteiger partial charge in [0.2, 0.25) is 0 Å². The molecule has 6 heteroatoms. The van der Waals surface area contributed by atoms with Gasteiger partial charge in [-0.15, -0.1) is 0 Å². The van der Waals surface area contributed by atoms with E-state index in [2.05, 4.69) is 10.3 Å². The van der Waals surface area contributed by atoms with E-state index >= 15 is 0 Å². The highest BCUT2D eigenvalue weighted by molar-refractivity contribution is 8.00. The number of hydrogen-bond donors (Lipinski definition) is 2. The highest BCUT2D eigenvalue weighted by Gasteiger charge is 2.18. The van der Waals surface area contributed by atoms with Crippen LogP contribution in [0.5, 0.6) is 0 Å². The summed E-state index contributed by atoms with van der Waals surface area (Å²) in [5, 5.41) is 12.2. The number of aryl methyl sites for hydroxylation is 1. The van der Waals surface area contributed by atoms with Crippen LogP contribution >= 0.6 is 11.8 Å². The lowest BCUT2D eigenvalue weighted by Gasteiger charge is -2.10. The lowest BCUT2D eigenvalue weighted by Crippen LogP contribution is -2.30. The van der Waals surface area contributed by atoms with Gasteiger partial charge >= 0.3 is 5.97 Å². The molecule has 2 rings (SSSR count). The third kappa shape index (κ3) is 3.47. The van der Waals surface area contributed by atoms with Gasteiger partial charge in [-0.25, -0.2) is 9.78 Å². The van der Waals surface area contributed by atoms with E-state index in [4.69, 9.17) is 5.11 Å². The maximum absolute atomic E-state index is 11.9. The van der Waals surface area contributed by atoms with E-state index in [9.17, 15) is 9.59 Å². The zero-order valence-corrected chi connectivity index (χ0v) is 11.5. The molecule has 1 aliphatic rings. The van der Waals surface area contributed by atoms with E-state index in [1.165, 1.54) is 18.6 Å². The first kappa shape index (κ1) is 13.9. The standard InChI is InChI=1S/C13H16N2O3S/c1-8-10(13(17)18)4-5-11(15-8)12(16)14-7-9-3-2-6-19-9/h4-5,9H,2-3,6-7H2,1H3,(H,14,16)(H,17,18). The molecule has 0 aliphatic carbocycles. The molecule has 1 fully saturated rings. The molecule has 19 heavy (non-hydrogen) atoms. The van der Waals surface area contributed by atoms with Crippen LogP contribution in [0.15, 0.2) is 12.1 Å². The van der Waals surface area contributed by atoms with E-state index in [0.29, 0.717) is 17.5 Å². The molecule has 102 valence electrons. The molecule has 1 unspecified atom stereocenters. The molecule has 1 amide bonds. The van der Waals surface area contributed by atoms with Crippen LogP contribution in [0.3, 0.4) is 0 Å². The van der Waals surface area contributed by atoms with Gasteiger partial charge < -0.3 is 10.4 Å². The van der Waals surface area contributed by atoms with E-state index in [1.54, 1.807) is 6.92 Å². The lowest BCUT2D eigenvalue weighted by atomic mass is 10.2. The zero-order valence-electron chi connectivity index (χ0n) is 10.7. The van der Waals surface area contributed by atoms with Gasteiger partial charge in [0.15, 0.2) is 0 Å². The van der Waals surface area contributed by atoms with Crippen molar-refractivity contribution in [1.29, 1.82) is 0 Å². The number of thioether (sulfide) groups is 1. The second-order valence-electron chi connectivity index (χ2n) is 4.48. The maximum Gasteiger partial charge on any atom is 0.337 e. The van der Waals surface area contributed by atoms with E-state index in [-0.39, 0.29) is 17.2 Å². The quantitative estimate of drug-likeness (QED) is 0.877. The highest BCUT2D eigenvalue weighted by atomic mass is 32.2. The first-order valence-electron chi connectivity index (χ1n) is 6.18. The molecule has 1 aromatic rings. The first-order valence-corrected chi connectivity index (χ1v) is 7.23. The Morgan fingerprint density at radius 3 is 2.89 bits per heavy atom. The average molecular weight is 280 g/mol. The van der Waals surface area contributed by atoms with Crippen molar-refractivity contribution in [3.63, 3.8) is 0 Å². The number of carbonyl (C=O) groups is 2. The number of amides is 1. The summed E-state index contributed by atoms with van der Waals surface area (Å²) in [6, 6.07) is 2.87. The molecule has 1 aliphatic heterocycles. The normalized spacial score (nSPS) is 18.3. The van der Waals surface area contributed by atoms with Crippen molar-refractivity contribution in [2.45, 2.75) is 25.0 Å². The van der Waals surface area contributed by atoms with Gasteiger partial charge in [-0.2, -0.15) is 11.8 Å². The molecule has 0 spiro atoms. The molecule has 1 aromatic heterocycles. The summed E-state index contributed by atoms with van der Waals surface area (Å²) in [6.45, 7) is 2.23. The van der Waals surface area contributed by atoms with E-state index in [0.717, 1.165) is 12.2 Å². The van der Waals surface area contributed by atoms with Gasteiger partial charge in [-0.3, -0.25) is 4.79 Å². The number of carboxylic acids is 1. The summed E-state index contributed by atoms with van der Waals surface area (Å²) >= 11 is 1.88. The fourth-order valence-corrected chi connectivity index (χ4v) is 3.22. The van der Waals surface area contributed by atoms with Crippen LogP contribution in [0.25, 0.3) is 0 Å². The molecular weight excluding hydrogens is 264 g/mol. The summed E-state index contributed by atoms with van der Waals surface area (Å²) < 4.78 is 0. The van der Waals surface area contributed by atoms with Gasteiger partial charge in [0.25, 0.3) is 5.91 Å². The van der Waals surface area contributed by atoms with Gasteiger partial charge in [-0.1, -0.05) is 0 Å². The van der Waals surface area contributed by atoms with Crippen molar-refractivity contribution in [2.24, 2.45) is 0 Å². The Labute approximate surface area is 115 Å². The minimum Gasteiger partial charge on any atom is -0.478 e. The highest BCUT2D eigenvalue weighted by Crippen LogP contribution is 2.25. The van der Waals surface area contributed by atoms with Crippen LogP contribution in [0.1, 0.15) is 39.4 Å². The summed E-state index contributed by atoms with van der Waals surface area (Å²) in [7, 11) is 0. The average Bonchev–Trinajstić information content (AvgIpc) is 2.88. The van der Waals surface area contributed by atoms with Crippen LogP contribution < -0.4 is 5.32 Å². The molecule has 0 aromatic carbocycles. The summed E-state index contributed by atoms with van der Waals surface area (Å²) in [5.74, 6) is -0.113. The molecule has 1 saturated heterocycles. The molecule has 0 saturated carbocycles. The van der Waals surface area contributed by atoms with Crippen LogP contribution in [-0.2, 0) is 0 Å². The molecule has 0 bridgehead atoms. The zero-order chi connectivity index (χ0) is 13.8. The topological polar surface area (TPSA) is 79.3 Å². The summed E-state index contributed by atoms with van der Waals surface area (Å²) in [4.78, 5) is 26.8. The second-order valence-corrected chi connectivity index (χ2v) is 5.89. The number of carbonyl (C=O) groups excluding carboxylic acids is 1. The monoisotopic (exact) mass is 280 g/mol. The Kier molecular flexibility index (Phi) is 4.42. The Hall–Kier alpha value is -1.56. The second kappa shape index (κ2) is 6.06. The van der Waals surface area contributed by atoms with Gasteiger partial charge in [0.05, 0.1) is 11.3 Å².